The smallest absolute Gasteiger partial charge is 0.161 e. The zero-order valence-corrected chi connectivity index (χ0v) is 35.3. The van der Waals surface area contributed by atoms with E-state index in [1.165, 1.54) is 0 Å². The predicted molar refractivity (Wildman–Crippen MR) is 238 cm³/mol. The summed E-state index contributed by atoms with van der Waals surface area (Å²) in [6.45, 7) is 11.0. The molecule has 14 nitrogen and oxygen atoms in total. The van der Waals surface area contributed by atoms with Crippen LogP contribution in [-0.2, 0) is 7.05 Å². The Morgan fingerprint density at radius 1 is 0.833 bits per heavy atom. The van der Waals surface area contributed by atoms with Crippen LogP contribution in [0.1, 0.15) is 37.4 Å². The maximum atomic E-state index is 10.8. The number of aromatic nitrogens is 9. The third kappa shape index (κ3) is 7.33. The Bertz CT molecular complexity index is 2920. The van der Waals surface area contributed by atoms with Gasteiger partial charge < -0.3 is 25.1 Å². The van der Waals surface area contributed by atoms with E-state index in [0.29, 0.717) is 51.4 Å². The molecule has 0 bridgehead atoms. The monoisotopic (exact) mass is 821 g/mol. The van der Waals surface area contributed by atoms with Crippen molar-refractivity contribution in [1.29, 1.82) is 0 Å². The predicted octanol–water partition coefficient (Wildman–Crippen LogP) is 6.97. The van der Waals surface area contributed by atoms with Gasteiger partial charge in [-0.2, -0.15) is 10.2 Å². The highest BCUT2D eigenvalue weighted by Crippen LogP contribution is 2.34. The third-order valence-corrected chi connectivity index (χ3v) is 12.5. The number of fused-ring (bicyclic) bond motifs is 4. The third-order valence-electron chi connectivity index (χ3n) is 12.2. The molecule has 7 aromatic heterocycles. The number of piperidine rings is 1. The van der Waals surface area contributed by atoms with Gasteiger partial charge in [0.25, 0.3) is 0 Å². The van der Waals surface area contributed by atoms with Crippen LogP contribution in [0, 0.1) is 13.8 Å². The molecule has 10 rings (SSSR count). The molecule has 0 spiro atoms. The maximum Gasteiger partial charge on any atom is 0.161 e. The van der Waals surface area contributed by atoms with Crippen LogP contribution in [0.25, 0.3) is 61.3 Å². The lowest BCUT2D eigenvalue weighted by atomic mass is 10.0. The molecule has 2 fully saturated rings. The van der Waals surface area contributed by atoms with Gasteiger partial charge in [0.05, 0.1) is 57.6 Å². The molecule has 2 N–H and O–H groups in total. The van der Waals surface area contributed by atoms with Crippen molar-refractivity contribution >= 4 is 61.6 Å². The molecule has 2 atom stereocenters. The van der Waals surface area contributed by atoms with Crippen molar-refractivity contribution in [3.8, 4) is 28.4 Å². The fraction of sp³-hybridized carbons (Fsp3) is 0.356. The molecule has 2 unspecified atom stereocenters. The molecule has 0 amide bonds. The first-order chi connectivity index (χ1) is 29.0. The maximum absolute atomic E-state index is 10.8. The van der Waals surface area contributed by atoms with Crippen molar-refractivity contribution in [2.24, 2.45) is 7.05 Å². The summed E-state index contributed by atoms with van der Waals surface area (Å²) in [5.41, 5.74) is 9.76. The van der Waals surface area contributed by atoms with E-state index in [0.717, 1.165) is 108 Å². The number of imidazole rings is 1. The lowest BCUT2D eigenvalue weighted by molar-refractivity contribution is 0.194. The van der Waals surface area contributed by atoms with E-state index in [1.807, 2.05) is 76.0 Å². The number of aromatic hydroxyl groups is 1. The molecular formula is C45H48ClN13O. The van der Waals surface area contributed by atoms with Gasteiger partial charge in [-0.3, -0.25) is 4.68 Å². The van der Waals surface area contributed by atoms with Crippen LogP contribution in [0.15, 0.2) is 73.3 Å². The summed E-state index contributed by atoms with van der Waals surface area (Å²) < 4.78 is 3.55. The van der Waals surface area contributed by atoms with Crippen molar-refractivity contribution < 1.29 is 5.11 Å². The number of phenolic OH excluding ortho intramolecular Hbond substituents is 1. The quantitative estimate of drug-likeness (QED) is 0.164. The van der Waals surface area contributed by atoms with Crippen LogP contribution in [0.5, 0.6) is 5.75 Å². The number of hydrogen-bond acceptors (Lipinski definition) is 12. The van der Waals surface area contributed by atoms with Crippen molar-refractivity contribution in [3.63, 3.8) is 0 Å². The van der Waals surface area contributed by atoms with Crippen LogP contribution in [0.3, 0.4) is 0 Å². The van der Waals surface area contributed by atoms with Gasteiger partial charge in [0, 0.05) is 85.3 Å². The van der Waals surface area contributed by atoms with E-state index < -0.39 is 0 Å². The van der Waals surface area contributed by atoms with Crippen molar-refractivity contribution in [2.75, 3.05) is 49.6 Å². The topological polar surface area (TPSA) is 142 Å². The largest absolute Gasteiger partial charge is 0.507 e. The number of nitrogens with zero attached hydrogens (tertiary/aromatic N) is 12. The Labute approximate surface area is 352 Å². The highest BCUT2D eigenvalue weighted by Gasteiger charge is 2.28. The Balaban J connectivity index is 0.753. The fourth-order valence-electron chi connectivity index (χ4n) is 9.11. The van der Waals surface area contributed by atoms with Crippen LogP contribution in [0.4, 0.5) is 11.4 Å². The average molecular weight is 822 g/mol. The minimum atomic E-state index is 0.156. The van der Waals surface area contributed by atoms with Crippen LogP contribution >= 0.6 is 11.6 Å². The molecule has 8 aromatic rings. The first-order valence-electron chi connectivity index (χ1n) is 20.7. The lowest BCUT2D eigenvalue weighted by Crippen LogP contribution is -2.56. The molecule has 15 heteroatoms. The molecule has 2 saturated heterocycles. The zero-order chi connectivity index (χ0) is 41.2. The van der Waals surface area contributed by atoms with E-state index in [4.69, 9.17) is 36.6 Å². The molecule has 0 radical (unpaired) electrons. The number of hydrogen-bond donors (Lipinski definition) is 2. The van der Waals surface area contributed by atoms with E-state index in [-0.39, 0.29) is 5.75 Å². The van der Waals surface area contributed by atoms with Crippen LogP contribution < -0.4 is 15.1 Å². The second kappa shape index (κ2) is 15.3. The first-order valence-corrected chi connectivity index (χ1v) is 21.1. The average Bonchev–Trinajstić information content (AvgIpc) is 3.82. The molecule has 60 heavy (non-hydrogen) atoms. The van der Waals surface area contributed by atoms with E-state index in [9.17, 15) is 5.11 Å². The molecule has 1 aromatic carbocycles. The number of halogens is 1. The fourth-order valence-corrected chi connectivity index (χ4v) is 9.35. The summed E-state index contributed by atoms with van der Waals surface area (Å²) in [4.78, 5) is 31.3. The lowest BCUT2D eigenvalue weighted by Gasteiger charge is -2.41. The second-order valence-corrected chi connectivity index (χ2v) is 17.1. The number of anilines is 2. The summed E-state index contributed by atoms with van der Waals surface area (Å²) in [5.74, 6) is 0.156. The highest BCUT2D eigenvalue weighted by atomic mass is 35.5. The van der Waals surface area contributed by atoms with Gasteiger partial charge >= 0.3 is 0 Å². The number of pyridine rings is 4. The Morgan fingerprint density at radius 2 is 1.62 bits per heavy atom. The normalized spacial score (nSPS) is 17.9. The Hall–Kier alpha value is -5.96. The van der Waals surface area contributed by atoms with Gasteiger partial charge in [0.1, 0.15) is 11.4 Å². The van der Waals surface area contributed by atoms with E-state index in [2.05, 4.69) is 56.2 Å². The highest BCUT2D eigenvalue weighted by molar-refractivity contribution is 6.35. The molecule has 0 aliphatic carbocycles. The Morgan fingerprint density at radius 3 is 2.45 bits per heavy atom. The van der Waals surface area contributed by atoms with Gasteiger partial charge in [0.2, 0.25) is 0 Å². The summed E-state index contributed by atoms with van der Waals surface area (Å²) in [7, 11) is 4.15. The second-order valence-electron chi connectivity index (χ2n) is 16.7. The number of rotatable bonds is 8. The summed E-state index contributed by atoms with van der Waals surface area (Å²) in [5, 5.41) is 27.2. The molecule has 306 valence electrons. The van der Waals surface area contributed by atoms with Crippen molar-refractivity contribution in [1.82, 2.24) is 54.5 Å². The number of piperazine rings is 1. The first kappa shape index (κ1) is 38.3. The molecule has 0 saturated carbocycles. The summed E-state index contributed by atoms with van der Waals surface area (Å²) in [6.07, 6.45) is 10.9. The van der Waals surface area contributed by atoms with Crippen LogP contribution in [0.2, 0.25) is 5.02 Å². The molecule has 2 aliphatic rings. The standard InChI is InChI=1S/C45H48ClN13O/c1-26-14-41(54-59-23-28(3)50-45(26)59)40-18-37(46)35-17-34(21-48-44(35)52-40)57-12-9-32(10-13-57)55(4)11-8-31-25-58(22-27(2)49-31)33-15-29-6-7-38(51-43(29)47-20-33)36-16-30-24-56(5)53-39(30)19-42(36)60/h6-7,14-21,23-24,27,31-32,49,60H,8-13,22,25H2,1-5H3. The number of aryl methyl sites for hydroxylation is 3. The SMILES string of the molecule is Cc1cn2nc(-c3cc(Cl)c4cc(N5CCC(N(C)CCC6CN(c7cnc8nc(-c9cc%10cn(C)nc%10cc9O)ccc8c7)CC(C)N6)CC5)cnc4n3)cc(C)c2n1. The van der Waals surface area contributed by atoms with Crippen molar-refractivity contribution in [3.05, 3.63) is 89.6 Å². The number of benzene rings is 1. The zero-order valence-electron chi connectivity index (χ0n) is 34.5. The van der Waals surface area contributed by atoms with Gasteiger partial charge in [0.15, 0.2) is 16.9 Å². The van der Waals surface area contributed by atoms with Crippen molar-refractivity contribution in [2.45, 2.75) is 58.2 Å². The Kier molecular flexibility index (Phi) is 9.73. The van der Waals surface area contributed by atoms with Gasteiger partial charge in [-0.1, -0.05) is 11.6 Å². The van der Waals surface area contributed by atoms with Crippen LogP contribution in [-0.4, -0.2) is 112 Å². The minimum Gasteiger partial charge on any atom is -0.507 e. The molecule has 9 heterocycles. The van der Waals surface area contributed by atoms with E-state index in [1.54, 1.807) is 15.3 Å². The summed E-state index contributed by atoms with van der Waals surface area (Å²) >= 11 is 6.89. The van der Waals surface area contributed by atoms with Gasteiger partial charge in [-0.25, -0.2) is 29.4 Å². The molecule has 2 aliphatic heterocycles. The number of phenols is 1. The molecular weight excluding hydrogens is 774 g/mol. The summed E-state index contributed by atoms with van der Waals surface area (Å²) in [6, 6.07) is 17.1. The minimum absolute atomic E-state index is 0.156. The van der Waals surface area contributed by atoms with E-state index >= 15 is 0 Å². The number of nitrogens with one attached hydrogen (secondary N) is 1. The van der Waals surface area contributed by atoms with Gasteiger partial charge in [-0.05, 0) is 102 Å². The van der Waals surface area contributed by atoms with Gasteiger partial charge in [-0.15, -0.1) is 0 Å².